The van der Waals surface area contributed by atoms with Gasteiger partial charge in [-0.15, -0.1) is 0 Å². The highest BCUT2D eigenvalue weighted by molar-refractivity contribution is 6.31. The highest BCUT2D eigenvalue weighted by Gasteiger charge is 2.17. The number of halogens is 1. The normalized spacial score (nSPS) is 11.0. The fourth-order valence-corrected chi connectivity index (χ4v) is 2.99. The van der Waals surface area contributed by atoms with Crippen molar-refractivity contribution in [3.05, 3.63) is 76.4 Å². The highest BCUT2D eigenvalue weighted by Crippen LogP contribution is 2.35. The molecule has 0 saturated carbocycles. The lowest BCUT2D eigenvalue weighted by Gasteiger charge is -2.12. The number of rotatable bonds is 2. The molecule has 2 aromatic carbocycles. The fraction of sp³-hybridized carbons (Fsp3) is 0. The predicted molar refractivity (Wildman–Crippen MR) is 92.6 cm³/mol. The molecule has 23 heavy (non-hydrogen) atoms. The third-order valence-electron chi connectivity index (χ3n) is 3.81. The van der Waals surface area contributed by atoms with Crippen LogP contribution in [0.4, 0.5) is 0 Å². The minimum absolute atomic E-state index is 0.164. The van der Waals surface area contributed by atoms with E-state index in [0.29, 0.717) is 16.3 Å². The van der Waals surface area contributed by atoms with Gasteiger partial charge in [-0.2, -0.15) is 0 Å². The summed E-state index contributed by atoms with van der Waals surface area (Å²) in [6.45, 7) is 0. The van der Waals surface area contributed by atoms with Gasteiger partial charge < -0.3 is 9.97 Å². The van der Waals surface area contributed by atoms with Gasteiger partial charge in [-0.25, -0.2) is 4.98 Å². The molecule has 0 amide bonds. The molecule has 0 fully saturated rings. The van der Waals surface area contributed by atoms with E-state index in [0.717, 1.165) is 22.0 Å². The zero-order chi connectivity index (χ0) is 15.8. The fourth-order valence-electron chi connectivity index (χ4n) is 2.82. The monoisotopic (exact) mass is 321 g/mol. The Hall–Kier alpha value is -2.85. The van der Waals surface area contributed by atoms with Crippen LogP contribution in [-0.4, -0.2) is 15.0 Å². The van der Waals surface area contributed by atoms with Crippen molar-refractivity contribution in [2.24, 2.45) is 0 Å². The summed E-state index contributed by atoms with van der Waals surface area (Å²) in [5.41, 5.74) is 3.62. The van der Waals surface area contributed by atoms with E-state index in [1.54, 1.807) is 18.6 Å². The molecule has 5 heteroatoms. The molecular formula is C18H12ClN3O. The molecule has 0 bridgehead atoms. The van der Waals surface area contributed by atoms with Gasteiger partial charge in [-0.3, -0.25) is 4.79 Å². The Labute approximate surface area is 136 Å². The van der Waals surface area contributed by atoms with Crippen molar-refractivity contribution >= 4 is 22.5 Å². The SMILES string of the molecule is O=c1[nH]c2ccc(Cl)cc2c(-c2ccccc2)c1-c1cnc[nH]1. The summed E-state index contributed by atoms with van der Waals surface area (Å²) >= 11 is 6.18. The van der Waals surface area contributed by atoms with Crippen LogP contribution in [0.3, 0.4) is 0 Å². The second kappa shape index (κ2) is 5.41. The summed E-state index contributed by atoms with van der Waals surface area (Å²) in [5.74, 6) is 0. The standard InChI is InChI=1S/C18H12ClN3O/c19-12-6-7-14-13(8-12)16(11-4-2-1-3-5-11)17(18(23)22-14)15-9-20-10-21-15/h1-10H,(H,20,21)(H,22,23). The molecule has 2 heterocycles. The molecule has 0 spiro atoms. The topological polar surface area (TPSA) is 61.5 Å². The molecule has 2 N–H and O–H groups in total. The van der Waals surface area contributed by atoms with E-state index in [1.165, 1.54) is 0 Å². The smallest absolute Gasteiger partial charge is 0.258 e. The van der Waals surface area contributed by atoms with Crippen molar-refractivity contribution < 1.29 is 0 Å². The van der Waals surface area contributed by atoms with Gasteiger partial charge in [0, 0.05) is 21.5 Å². The van der Waals surface area contributed by atoms with E-state index in [9.17, 15) is 4.79 Å². The lowest BCUT2D eigenvalue weighted by molar-refractivity contribution is 1.28. The minimum atomic E-state index is -0.164. The first-order chi connectivity index (χ1) is 11.2. The Morgan fingerprint density at radius 1 is 1.00 bits per heavy atom. The zero-order valence-corrected chi connectivity index (χ0v) is 12.8. The lowest BCUT2D eigenvalue weighted by Crippen LogP contribution is -2.11. The van der Waals surface area contributed by atoms with Crippen molar-refractivity contribution in [2.75, 3.05) is 0 Å². The van der Waals surface area contributed by atoms with Crippen molar-refractivity contribution in [1.29, 1.82) is 0 Å². The molecule has 0 aliphatic heterocycles. The summed E-state index contributed by atoms with van der Waals surface area (Å²) in [6.07, 6.45) is 3.21. The van der Waals surface area contributed by atoms with Crippen molar-refractivity contribution in [3.8, 4) is 22.4 Å². The van der Waals surface area contributed by atoms with Crippen molar-refractivity contribution in [2.45, 2.75) is 0 Å². The molecule has 2 aromatic heterocycles. The molecule has 0 radical (unpaired) electrons. The van der Waals surface area contributed by atoms with Crippen LogP contribution in [0, 0.1) is 0 Å². The third kappa shape index (κ3) is 2.33. The van der Waals surface area contributed by atoms with Gasteiger partial charge in [0.1, 0.15) is 0 Å². The van der Waals surface area contributed by atoms with Crippen molar-refractivity contribution in [3.63, 3.8) is 0 Å². The van der Waals surface area contributed by atoms with Crippen LogP contribution in [-0.2, 0) is 0 Å². The van der Waals surface area contributed by atoms with Gasteiger partial charge in [0.2, 0.25) is 0 Å². The number of aromatic amines is 2. The van der Waals surface area contributed by atoms with E-state index in [1.807, 2.05) is 42.5 Å². The van der Waals surface area contributed by atoms with Crippen LogP contribution in [0.25, 0.3) is 33.3 Å². The highest BCUT2D eigenvalue weighted by atomic mass is 35.5. The maximum atomic E-state index is 12.7. The summed E-state index contributed by atoms with van der Waals surface area (Å²) in [7, 11) is 0. The number of hydrogen-bond donors (Lipinski definition) is 2. The first-order valence-corrected chi connectivity index (χ1v) is 7.51. The Kier molecular flexibility index (Phi) is 3.24. The summed E-state index contributed by atoms with van der Waals surface area (Å²) in [5, 5.41) is 1.52. The van der Waals surface area contributed by atoms with Gasteiger partial charge in [0.05, 0.1) is 23.8 Å². The van der Waals surface area contributed by atoms with Gasteiger partial charge in [-0.1, -0.05) is 41.9 Å². The minimum Gasteiger partial charge on any atom is -0.344 e. The Morgan fingerprint density at radius 3 is 2.57 bits per heavy atom. The first kappa shape index (κ1) is 13.8. The maximum Gasteiger partial charge on any atom is 0.258 e. The average Bonchev–Trinajstić information content (AvgIpc) is 3.09. The molecule has 4 nitrogen and oxygen atoms in total. The second-order valence-corrected chi connectivity index (χ2v) is 5.66. The number of fused-ring (bicyclic) bond motifs is 1. The van der Waals surface area contributed by atoms with Gasteiger partial charge in [0.25, 0.3) is 5.56 Å². The van der Waals surface area contributed by atoms with Crippen molar-refractivity contribution in [1.82, 2.24) is 15.0 Å². The number of pyridine rings is 1. The largest absolute Gasteiger partial charge is 0.344 e. The average molecular weight is 322 g/mol. The molecule has 0 atom stereocenters. The molecular weight excluding hydrogens is 310 g/mol. The van der Waals surface area contributed by atoms with E-state index in [2.05, 4.69) is 15.0 Å². The van der Waals surface area contributed by atoms with E-state index in [-0.39, 0.29) is 5.56 Å². The molecule has 0 unspecified atom stereocenters. The molecule has 0 saturated heterocycles. The Balaban J connectivity index is 2.20. The molecule has 4 rings (SSSR count). The van der Waals surface area contributed by atoms with Crippen LogP contribution in [0.1, 0.15) is 0 Å². The van der Waals surface area contributed by atoms with Crippen LogP contribution < -0.4 is 5.56 Å². The van der Waals surface area contributed by atoms with E-state index in [4.69, 9.17) is 11.6 Å². The number of H-pyrrole nitrogens is 2. The van der Waals surface area contributed by atoms with E-state index >= 15 is 0 Å². The molecule has 4 aromatic rings. The lowest BCUT2D eigenvalue weighted by atomic mass is 9.95. The number of nitrogens with zero attached hydrogens (tertiary/aromatic N) is 1. The third-order valence-corrected chi connectivity index (χ3v) is 4.04. The summed E-state index contributed by atoms with van der Waals surface area (Å²) in [6, 6.07) is 15.3. The van der Waals surface area contributed by atoms with Gasteiger partial charge in [0.15, 0.2) is 0 Å². The van der Waals surface area contributed by atoms with Crippen LogP contribution >= 0.6 is 11.6 Å². The Bertz CT molecular complexity index is 1040. The van der Waals surface area contributed by atoms with Gasteiger partial charge in [-0.05, 0) is 23.8 Å². The number of benzene rings is 2. The number of nitrogens with one attached hydrogen (secondary N) is 2. The second-order valence-electron chi connectivity index (χ2n) is 5.23. The van der Waals surface area contributed by atoms with Crippen LogP contribution in [0.2, 0.25) is 5.02 Å². The number of aromatic nitrogens is 3. The zero-order valence-electron chi connectivity index (χ0n) is 12.0. The summed E-state index contributed by atoms with van der Waals surface area (Å²) in [4.78, 5) is 22.7. The summed E-state index contributed by atoms with van der Waals surface area (Å²) < 4.78 is 0. The quantitative estimate of drug-likeness (QED) is 0.580. The predicted octanol–water partition coefficient (Wildman–Crippen LogP) is 4.24. The molecule has 112 valence electrons. The number of imidazole rings is 1. The molecule has 0 aliphatic carbocycles. The first-order valence-electron chi connectivity index (χ1n) is 7.14. The van der Waals surface area contributed by atoms with Gasteiger partial charge >= 0.3 is 0 Å². The maximum absolute atomic E-state index is 12.7. The number of hydrogen-bond acceptors (Lipinski definition) is 2. The Morgan fingerprint density at radius 2 is 1.83 bits per heavy atom. The van der Waals surface area contributed by atoms with E-state index < -0.39 is 0 Å². The van der Waals surface area contributed by atoms with Crippen LogP contribution in [0.5, 0.6) is 0 Å². The van der Waals surface area contributed by atoms with Crippen LogP contribution in [0.15, 0.2) is 65.8 Å². The molecule has 0 aliphatic rings.